The predicted octanol–water partition coefficient (Wildman–Crippen LogP) is 0.654. The normalized spacial score (nSPS) is 8.50. The summed E-state index contributed by atoms with van der Waals surface area (Å²) < 4.78 is 0.250. The summed E-state index contributed by atoms with van der Waals surface area (Å²) >= 11 is 0. The molecule has 4 heteroatoms. The fraction of sp³-hybridized carbons (Fsp3) is 0.833. The number of hydrogen-bond donors (Lipinski definition) is 0. The van der Waals surface area contributed by atoms with Gasteiger partial charge in [-0.3, -0.25) is 0 Å². The van der Waals surface area contributed by atoms with Crippen LogP contribution < -0.4 is 0 Å². The molecule has 0 amide bonds. The molecule has 0 saturated heterocycles. The van der Waals surface area contributed by atoms with Crippen molar-refractivity contribution in [2.24, 2.45) is 0 Å². The van der Waals surface area contributed by atoms with Crippen molar-refractivity contribution in [2.45, 2.75) is 7.43 Å². The van der Waals surface area contributed by atoms with Gasteiger partial charge in [0, 0.05) is 0 Å². The molecular formula is C6H18N2O2. The average molecular weight is 150 g/mol. The lowest BCUT2D eigenvalue weighted by atomic mass is 11.0. The van der Waals surface area contributed by atoms with Gasteiger partial charge in [0.25, 0.3) is 0 Å². The molecule has 64 valence electrons. The molecule has 0 aromatic carbocycles. The number of hydrogen-bond acceptors (Lipinski definition) is 2. The molecule has 0 spiro atoms. The first-order valence-corrected chi connectivity index (χ1v) is 2.47. The Morgan fingerprint density at radius 2 is 1.30 bits per heavy atom. The van der Waals surface area contributed by atoms with Gasteiger partial charge in [0.2, 0.25) is 0 Å². The van der Waals surface area contributed by atoms with Crippen LogP contribution in [-0.2, 0) is 0 Å². The summed E-state index contributed by atoms with van der Waals surface area (Å²) in [5, 5.41) is 19.3. The van der Waals surface area contributed by atoms with Crippen molar-refractivity contribution in [3.05, 3.63) is 10.4 Å². The number of hydroxylamine groups is 4. The van der Waals surface area contributed by atoms with Crippen LogP contribution in [0.3, 0.4) is 0 Å². The Morgan fingerprint density at radius 1 is 1.30 bits per heavy atom. The van der Waals surface area contributed by atoms with Crippen LogP contribution in [0.1, 0.15) is 7.43 Å². The van der Waals surface area contributed by atoms with Crippen molar-refractivity contribution in [1.82, 2.24) is 0 Å². The average Bonchev–Trinajstić information content (AvgIpc) is 1.19. The van der Waals surface area contributed by atoms with Crippen LogP contribution in [0, 0.1) is 10.4 Å². The van der Waals surface area contributed by atoms with E-state index in [1.807, 2.05) is 0 Å². The molecule has 0 aliphatic rings. The van der Waals surface area contributed by atoms with E-state index in [0.29, 0.717) is 4.74 Å². The Kier molecular flexibility index (Phi) is 10.5. The van der Waals surface area contributed by atoms with E-state index in [2.05, 4.69) is 6.72 Å². The monoisotopic (exact) mass is 150 g/mol. The Hall–Kier alpha value is -0.610. The van der Waals surface area contributed by atoms with Gasteiger partial charge in [-0.05, 0) is 0 Å². The highest BCUT2D eigenvalue weighted by Crippen LogP contribution is 1.77. The third kappa shape index (κ3) is 811. The lowest BCUT2D eigenvalue weighted by Gasteiger charge is -2.27. The van der Waals surface area contributed by atoms with Crippen molar-refractivity contribution in [3.8, 4) is 0 Å². The molecule has 0 fully saturated rings. The molecule has 0 aliphatic heterocycles. The van der Waals surface area contributed by atoms with Crippen molar-refractivity contribution in [1.29, 1.82) is 0 Å². The summed E-state index contributed by atoms with van der Waals surface area (Å²) in [4.78, 5) is 0. The minimum absolute atomic E-state index is 0. The van der Waals surface area contributed by atoms with E-state index in [-0.39, 0.29) is 12.1 Å². The molecule has 0 aromatic rings. The van der Waals surface area contributed by atoms with E-state index >= 15 is 0 Å². The Bertz CT molecular complexity index is 76.2. The highest BCUT2D eigenvalue weighted by molar-refractivity contribution is 5.14. The van der Waals surface area contributed by atoms with Crippen LogP contribution in [0.15, 0.2) is 0 Å². The highest BCUT2D eigenvalue weighted by atomic mass is 16.5. The van der Waals surface area contributed by atoms with Gasteiger partial charge in [-0.25, -0.2) is 4.74 Å². The van der Waals surface area contributed by atoms with Crippen molar-refractivity contribution >= 4 is 6.72 Å². The van der Waals surface area contributed by atoms with Crippen molar-refractivity contribution in [2.75, 3.05) is 28.2 Å². The third-order valence-electron chi connectivity index (χ3n) is 0. The molecule has 0 bridgehead atoms. The summed E-state index contributed by atoms with van der Waals surface area (Å²) in [6.45, 7) is 2.92. The van der Waals surface area contributed by atoms with E-state index in [1.165, 1.54) is 7.05 Å². The molecule has 0 aromatic heterocycles. The molecule has 0 unspecified atom stereocenters. The van der Waals surface area contributed by atoms with Gasteiger partial charge in [0.15, 0.2) is 0 Å². The van der Waals surface area contributed by atoms with E-state index in [4.69, 9.17) is 0 Å². The van der Waals surface area contributed by atoms with Crippen LogP contribution in [0.5, 0.6) is 0 Å². The fourth-order valence-electron chi connectivity index (χ4n) is 0. The van der Waals surface area contributed by atoms with E-state index < -0.39 is 0 Å². The molecule has 0 radical (unpaired) electrons. The Labute approximate surface area is 63.1 Å². The number of quaternary nitrogens is 1. The summed E-state index contributed by atoms with van der Waals surface area (Å²) in [5.41, 5.74) is 0. The molecule has 0 N–H and O–H groups in total. The van der Waals surface area contributed by atoms with E-state index in [9.17, 15) is 10.4 Å². The fourth-order valence-corrected chi connectivity index (χ4v) is 0. The largest absolute Gasteiger partial charge is 0.633 e. The summed E-state index contributed by atoms with van der Waals surface area (Å²) in [6, 6.07) is 0. The molecule has 0 heterocycles. The third-order valence-corrected chi connectivity index (χ3v) is 0. The first-order valence-electron chi connectivity index (χ1n) is 2.47. The lowest BCUT2D eigenvalue weighted by molar-refractivity contribution is -0.818. The zero-order chi connectivity index (χ0) is 8.08. The Balaban J connectivity index is -0.0000000910. The molecule has 0 rings (SSSR count). The quantitative estimate of drug-likeness (QED) is 0.167. The lowest BCUT2D eigenvalue weighted by Crippen LogP contribution is -2.25. The Morgan fingerprint density at radius 3 is 1.30 bits per heavy atom. The second-order valence-corrected chi connectivity index (χ2v) is 2.52. The predicted molar refractivity (Wildman–Crippen MR) is 44.8 cm³/mol. The summed E-state index contributed by atoms with van der Waals surface area (Å²) in [6.07, 6.45) is 0. The first-order chi connectivity index (χ1) is 3.73. The second kappa shape index (κ2) is 6.51. The smallest absolute Gasteiger partial charge is 0.142 e. The van der Waals surface area contributed by atoms with Gasteiger partial charge in [0.05, 0.1) is 21.1 Å². The minimum atomic E-state index is -0.250. The zero-order valence-corrected chi connectivity index (χ0v) is 6.42. The van der Waals surface area contributed by atoms with Crippen LogP contribution in [-0.4, -0.2) is 44.3 Å². The van der Waals surface area contributed by atoms with Crippen LogP contribution >= 0.6 is 0 Å². The van der Waals surface area contributed by atoms with Gasteiger partial charge < -0.3 is 15.1 Å². The second-order valence-electron chi connectivity index (χ2n) is 2.52. The van der Waals surface area contributed by atoms with Crippen LogP contribution in [0.2, 0.25) is 0 Å². The van der Waals surface area contributed by atoms with E-state index in [1.54, 1.807) is 21.1 Å². The minimum Gasteiger partial charge on any atom is -0.633 e. The molecule has 0 atom stereocenters. The topological polar surface area (TPSA) is 49.1 Å². The standard InChI is InChI=1S/C3H9NO.C2H5NO.CH4/c1-4(2,3)5;1-3(2)4;/h1-3H3;1H2,2H3;1H4. The van der Waals surface area contributed by atoms with Gasteiger partial charge in [-0.1, -0.05) is 7.43 Å². The summed E-state index contributed by atoms with van der Waals surface area (Å²) in [5.74, 6) is 0. The number of nitrogens with zero attached hydrogens (tertiary/aromatic N) is 2. The van der Waals surface area contributed by atoms with Crippen LogP contribution in [0.25, 0.3) is 0 Å². The SMILES string of the molecule is C.C=[N+](C)[O-].C[N+](C)(C)[O-]. The van der Waals surface area contributed by atoms with Gasteiger partial charge in [-0.2, -0.15) is 0 Å². The maximum absolute atomic E-state index is 10.0. The number of rotatable bonds is 0. The van der Waals surface area contributed by atoms with Gasteiger partial charge in [0.1, 0.15) is 13.8 Å². The molecule has 0 aliphatic carbocycles. The van der Waals surface area contributed by atoms with Crippen molar-refractivity contribution < 1.29 is 9.39 Å². The van der Waals surface area contributed by atoms with E-state index in [0.717, 1.165) is 0 Å². The van der Waals surface area contributed by atoms with Gasteiger partial charge in [-0.15, -0.1) is 0 Å². The summed E-state index contributed by atoms with van der Waals surface area (Å²) in [7, 11) is 6.04. The molecule has 0 saturated carbocycles. The first kappa shape index (κ1) is 16.2. The van der Waals surface area contributed by atoms with Gasteiger partial charge >= 0.3 is 0 Å². The molecule has 10 heavy (non-hydrogen) atoms. The highest BCUT2D eigenvalue weighted by Gasteiger charge is 1.79. The molecular weight excluding hydrogens is 132 g/mol. The zero-order valence-electron chi connectivity index (χ0n) is 6.42. The van der Waals surface area contributed by atoms with Crippen molar-refractivity contribution in [3.63, 3.8) is 0 Å². The van der Waals surface area contributed by atoms with Crippen LogP contribution in [0.4, 0.5) is 0 Å². The molecule has 4 nitrogen and oxygen atoms in total. The maximum atomic E-state index is 10.0. The maximum Gasteiger partial charge on any atom is 0.142 e.